The number of halogens is 1. The second-order valence-electron chi connectivity index (χ2n) is 3.70. The number of H-pyrrole nitrogens is 1. The van der Waals surface area contributed by atoms with Crippen LogP contribution in [0.25, 0.3) is 0 Å². The maximum absolute atomic E-state index is 11.9. The Hall–Kier alpha value is -2.58. The first-order valence-corrected chi connectivity index (χ1v) is 5.67. The van der Waals surface area contributed by atoms with E-state index >= 15 is 0 Å². The van der Waals surface area contributed by atoms with Crippen LogP contribution < -0.4 is 10.9 Å². The van der Waals surface area contributed by atoms with E-state index in [0.717, 1.165) is 0 Å². The molecule has 0 radical (unpaired) electrons. The summed E-state index contributed by atoms with van der Waals surface area (Å²) in [4.78, 5) is 25.2. The van der Waals surface area contributed by atoms with E-state index in [1.165, 1.54) is 30.5 Å². The minimum absolute atomic E-state index is 0.281. The largest absolute Gasteiger partial charge is 0.328 e. The van der Waals surface area contributed by atoms with Gasteiger partial charge in [0.1, 0.15) is 6.07 Å². The molecule has 19 heavy (non-hydrogen) atoms. The predicted octanol–water partition coefficient (Wildman–Crippen LogP) is 2.15. The van der Waals surface area contributed by atoms with Crippen molar-refractivity contribution in [2.45, 2.75) is 0 Å². The number of aromatic amines is 1. The molecule has 0 unspecified atom stereocenters. The number of hydrogen-bond acceptors (Lipinski definition) is 3. The van der Waals surface area contributed by atoms with Gasteiger partial charge in [-0.2, -0.15) is 5.26 Å². The van der Waals surface area contributed by atoms with Gasteiger partial charge in [0.15, 0.2) is 0 Å². The van der Waals surface area contributed by atoms with Gasteiger partial charge in [-0.15, -0.1) is 0 Å². The van der Waals surface area contributed by atoms with Gasteiger partial charge in [-0.25, -0.2) is 0 Å². The van der Waals surface area contributed by atoms with Crippen molar-refractivity contribution in [2.24, 2.45) is 0 Å². The highest BCUT2D eigenvalue weighted by Gasteiger charge is 2.09. The monoisotopic (exact) mass is 273 g/mol. The van der Waals surface area contributed by atoms with Crippen LogP contribution in [0.5, 0.6) is 0 Å². The molecule has 2 N–H and O–H groups in total. The Kier molecular flexibility index (Phi) is 3.64. The molecule has 5 nitrogen and oxygen atoms in total. The average Bonchev–Trinajstić information content (AvgIpc) is 2.39. The van der Waals surface area contributed by atoms with E-state index in [1.54, 1.807) is 6.07 Å². The lowest BCUT2D eigenvalue weighted by molar-refractivity contribution is 0.102. The zero-order valence-corrected chi connectivity index (χ0v) is 10.4. The number of aromatic nitrogens is 1. The molecule has 6 heteroatoms. The fourth-order valence-electron chi connectivity index (χ4n) is 1.46. The summed E-state index contributed by atoms with van der Waals surface area (Å²) in [5, 5.41) is 11.9. The van der Waals surface area contributed by atoms with E-state index in [-0.39, 0.29) is 11.1 Å². The molecule has 0 aliphatic carbocycles. The van der Waals surface area contributed by atoms with Crippen molar-refractivity contribution in [1.29, 1.82) is 5.26 Å². The number of pyridine rings is 1. The molecule has 0 atom stereocenters. The molecule has 1 heterocycles. The van der Waals surface area contributed by atoms with Crippen molar-refractivity contribution in [3.05, 3.63) is 63.0 Å². The lowest BCUT2D eigenvalue weighted by Crippen LogP contribution is -2.15. The average molecular weight is 274 g/mol. The normalized spacial score (nSPS) is 9.68. The Morgan fingerprint density at radius 1 is 1.32 bits per heavy atom. The van der Waals surface area contributed by atoms with Crippen LogP contribution in [0, 0.1) is 11.3 Å². The number of benzene rings is 1. The molecule has 94 valence electrons. The number of carbonyl (C=O) groups excluding carboxylic acids is 1. The first kappa shape index (κ1) is 12.9. The van der Waals surface area contributed by atoms with Crippen LogP contribution in [0.2, 0.25) is 5.02 Å². The molecule has 1 aromatic heterocycles. The van der Waals surface area contributed by atoms with Gasteiger partial charge in [0.2, 0.25) is 5.56 Å². The topological polar surface area (TPSA) is 85.8 Å². The van der Waals surface area contributed by atoms with Gasteiger partial charge in [-0.1, -0.05) is 11.6 Å². The highest BCUT2D eigenvalue weighted by atomic mass is 35.5. The number of carbonyl (C=O) groups is 1. The predicted molar refractivity (Wildman–Crippen MR) is 71.2 cm³/mol. The van der Waals surface area contributed by atoms with E-state index in [1.807, 2.05) is 6.07 Å². The summed E-state index contributed by atoms with van der Waals surface area (Å²) >= 11 is 5.82. The summed E-state index contributed by atoms with van der Waals surface area (Å²) in [6, 6.07) is 9.17. The number of hydrogen-bond donors (Lipinski definition) is 2. The number of nitrogens with one attached hydrogen (secondary N) is 2. The molecule has 0 saturated carbocycles. The van der Waals surface area contributed by atoms with Crippen LogP contribution in [0.15, 0.2) is 41.3 Å². The third kappa shape index (κ3) is 3.00. The number of rotatable bonds is 2. The van der Waals surface area contributed by atoms with Crippen LogP contribution >= 0.6 is 11.6 Å². The molecule has 1 amide bonds. The van der Waals surface area contributed by atoms with Crippen molar-refractivity contribution in [3.8, 4) is 6.07 Å². The SMILES string of the molecule is N#Cc1ccc(Cl)cc1NC(=O)c1ccc(=O)[nH]c1. The van der Waals surface area contributed by atoms with Crippen molar-refractivity contribution < 1.29 is 4.79 Å². The summed E-state index contributed by atoms with van der Waals surface area (Å²) in [5.41, 5.74) is 0.619. The second-order valence-corrected chi connectivity index (χ2v) is 4.13. The molecule has 2 rings (SSSR count). The van der Waals surface area contributed by atoms with Gasteiger partial charge in [-0.3, -0.25) is 9.59 Å². The summed E-state index contributed by atoms with van der Waals surface area (Å²) in [7, 11) is 0. The second kappa shape index (κ2) is 5.38. The quantitative estimate of drug-likeness (QED) is 0.879. The molecule has 0 fully saturated rings. The third-order valence-electron chi connectivity index (χ3n) is 2.40. The maximum atomic E-state index is 11.9. The van der Waals surface area contributed by atoms with E-state index in [9.17, 15) is 9.59 Å². The van der Waals surface area contributed by atoms with Crippen molar-refractivity contribution in [3.63, 3.8) is 0 Å². The van der Waals surface area contributed by atoms with Crippen LogP contribution in [0.1, 0.15) is 15.9 Å². The van der Waals surface area contributed by atoms with Gasteiger partial charge in [0.05, 0.1) is 16.8 Å². The van der Waals surface area contributed by atoms with Gasteiger partial charge in [0, 0.05) is 17.3 Å². The van der Waals surface area contributed by atoms with Crippen molar-refractivity contribution in [1.82, 2.24) is 4.98 Å². The summed E-state index contributed by atoms with van der Waals surface area (Å²) in [6.45, 7) is 0. The standard InChI is InChI=1S/C13H8ClN3O2/c14-10-3-1-8(6-15)11(5-10)17-13(19)9-2-4-12(18)16-7-9/h1-5,7H,(H,16,18)(H,17,19). The van der Waals surface area contributed by atoms with Gasteiger partial charge in [-0.05, 0) is 24.3 Å². The molecule has 0 saturated heterocycles. The number of nitrogens with zero attached hydrogens (tertiary/aromatic N) is 1. The smallest absolute Gasteiger partial charge is 0.257 e. The maximum Gasteiger partial charge on any atom is 0.257 e. The first-order chi connectivity index (χ1) is 9.10. The Balaban J connectivity index is 2.29. The molecular formula is C13H8ClN3O2. The van der Waals surface area contributed by atoms with Gasteiger partial charge < -0.3 is 10.3 Å². The van der Waals surface area contributed by atoms with Crippen LogP contribution in [0.4, 0.5) is 5.69 Å². The number of nitriles is 1. The number of amides is 1. The summed E-state index contributed by atoms with van der Waals surface area (Å²) < 4.78 is 0. The summed E-state index contributed by atoms with van der Waals surface area (Å²) in [5.74, 6) is -0.435. The Bertz CT molecular complexity index is 711. The minimum atomic E-state index is -0.435. The Morgan fingerprint density at radius 3 is 2.74 bits per heavy atom. The lowest BCUT2D eigenvalue weighted by Gasteiger charge is -2.07. The molecule has 0 bridgehead atoms. The van der Waals surface area contributed by atoms with E-state index in [2.05, 4.69) is 10.3 Å². The van der Waals surface area contributed by atoms with Crippen LogP contribution in [-0.2, 0) is 0 Å². The molecule has 2 aromatic rings. The fraction of sp³-hybridized carbons (Fsp3) is 0. The van der Waals surface area contributed by atoms with E-state index < -0.39 is 5.91 Å². The molecular weight excluding hydrogens is 266 g/mol. The fourth-order valence-corrected chi connectivity index (χ4v) is 1.64. The summed E-state index contributed by atoms with van der Waals surface area (Å²) in [6.07, 6.45) is 1.30. The zero-order chi connectivity index (χ0) is 13.8. The molecule has 0 spiro atoms. The van der Waals surface area contributed by atoms with Crippen LogP contribution in [-0.4, -0.2) is 10.9 Å². The van der Waals surface area contributed by atoms with Crippen molar-refractivity contribution >= 4 is 23.2 Å². The lowest BCUT2D eigenvalue weighted by atomic mass is 10.2. The van der Waals surface area contributed by atoms with E-state index in [4.69, 9.17) is 16.9 Å². The van der Waals surface area contributed by atoms with Crippen LogP contribution in [0.3, 0.4) is 0 Å². The van der Waals surface area contributed by atoms with Crippen molar-refractivity contribution in [2.75, 3.05) is 5.32 Å². The highest BCUT2D eigenvalue weighted by molar-refractivity contribution is 6.31. The van der Waals surface area contributed by atoms with E-state index in [0.29, 0.717) is 16.3 Å². The Morgan fingerprint density at radius 2 is 2.11 bits per heavy atom. The highest BCUT2D eigenvalue weighted by Crippen LogP contribution is 2.20. The number of anilines is 1. The third-order valence-corrected chi connectivity index (χ3v) is 2.63. The minimum Gasteiger partial charge on any atom is -0.328 e. The van der Waals surface area contributed by atoms with Gasteiger partial charge in [0.25, 0.3) is 5.91 Å². The molecule has 0 aliphatic rings. The molecule has 0 aliphatic heterocycles. The van der Waals surface area contributed by atoms with Gasteiger partial charge >= 0.3 is 0 Å². The Labute approximate surface area is 113 Å². The molecule has 1 aromatic carbocycles. The first-order valence-electron chi connectivity index (χ1n) is 5.30. The zero-order valence-electron chi connectivity index (χ0n) is 9.61.